The maximum atomic E-state index is 4.04. The molecule has 0 atom stereocenters. The Labute approximate surface area is 108 Å². The zero-order chi connectivity index (χ0) is 12.8. The first-order valence-corrected chi connectivity index (χ1v) is 6.08. The summed E-state index contributed by atoms with van der Waals surface area (Å²) in [6.45, 7) is 2.08. The second-order valence-corrected chi connectivity index (χ2v) is 4.62. The van der Waals surface area contributed by atoms with Gasteiger partial charge in [0.1, 0.15) is 0 Å². The van der Waals surface area contributed by atoms with E-state index in [-0.39, 0.29) is 0 Å². The predicted octanol–water partition coefficient (Wildman–Crippen LogP) is 2.81. The molecule has 0 saturated carbocycles. The molecule has 0 bridgehead atoms. The minimum atomic E-state index is 0.621. The van der Waals surface area contributed by atoms with E-state index in [0.717, 1.165) is 16.6 Å². The highest BCUT2D eigenvalue weighted by Gasteiger charge is 2.10. The summed E-state index contributed by atoms with van der Waals surface area (Å²) in [6.07, 6.45) is 0. The molecular formula is C14H11N5. The van der Waals surface area contributed by atoms with Crippen LogP contribution in [0.2, 0.25) is 0 Å². The van der Waals surface area contributed by atoms with Crippen molar-refractivity contribution in [3.8, 4) is 11.4 Å². The van der Waals surface area contributed by atoms with Gasteiger partial charge in [-0.1, -0.05) is 18.2 Å². The number of nitrogens with one attached hydrogen (secondary N) is 2. The summed E-state index contributed by atoms with van der Waals surface area (Å²) < 4.78 is 0. The molecule has 5 nitrogen and oxygen atoms in total. The zero-order valence-electron chi connectivity index (χ0n) is 10.3. The van der Waals surface area contributed by atoms with Gasteiger partial charge in [-0.15, -0.1) is 10.2 Å². The lowest BCUT2D eigenvalue weighted by molar-refractivity contribution is 0.881. The maximum absolute atomic E-state index is 4.04. The van der Waals surface area contributed by atoms with Gasteiger partial charge in [0, 0.05) is 27.4 Å². The minimum Gasteiger partial charge on any atom is -0.354 e. The van der Waals surface area contributed by atoms with Crippen LogP contribution < -0.4 is 0 Å². The van der Waals surface area contributed by atoms with Crippen molar-refractivity contribution in [3.63, 3.8) is 0 Å². The number of benzene rings is 2. The second kappa shape index (κ2) is 3.65. The topological polar surface area (TPSA) is 70.2 Å². The van der Waals surface area contributed by atoms with Gasteiger partial charge < -0.3 is 4.98 Å². The van der Waals surface area contributed by atoms with Crippen LogP contribution in [-0.4, -0.2) is 25.6 Å². The number of aryl methyl sites for hydroxylation is 1. The van der Waals surface area contributed by atoms with Crippen molar-refractivity contribution in [2.24, 2.45) is 0 Å². The SMILES string of the molecule is Cc1cc(-c2nn[nH]n2)cc2c1[nH]c1ccccc12. The Balaban J connectivity index is 2.12. The Morgan fingerprint density at radius 1 is 1.05 bits per heavy atom. The van der Waals surface area contributed by atoms with Crippen LogP contribution in [0.4, 0.5) is 0 Å². The Kier molecular flexibility index (Phi) is 1.97. The largest absolute Gasteiger partial charge is 0.354 e. The highest BCUT2D eigenvalue weighted by Crippen LogP contribution is 2.30. The molecule has 2 aromatic heterocycles. The number of aromatic nitrogens is 5. The third-order valence-corrected chi connectivity index (χ3v) is 3.42. The Bertz CT molecular complexity index is 874. The first-order chi connectivity index (χ1) is 9.33. The van der Waals surface area contributed by atoms with E-state index < -0.39 is 0 Å². The molecule has 19 heavy (non-hydrogen) atoms. The van der Waals surface area contributed by atoms with E-state index >= 15 is 0 Å². The van der Waals surface area contributed by atoms with E-state index in [2.05, 4.69) is 56.8 Å². The van der Waals surface area contributed by atoms with Crippen molar-refractivity contribution in [1.82, 2.24) is 25.6 Å². The van der Waals surface area contributed by atoms with Gasteiger partial charge in [0.2, 0.25) is 5.82 Å². The monoisotopic (exact) mass is 249 g/mol. The highest BCUT2D eigenvalue weighted by molar-refractivity contribution is 6.09. The Hall–Kier alpha value is -2.69. The number of para-hydroxylation sites is 1. The molecule has 2 N–H and O–H groups in total. The normalized spacial score (nSPS) is 11.4. The lowest BCUT2D eigenvalue weighted by Crippen LogP contribution is -1.84. The lowest BCUT2D eigenvalue weighted by atomic mass is 10.1. The molecular weight excluding hydrogens is 238 g/mol. The number of hydrogen-bond acceptors (Lipinski definition) is 3. The average molecular weight is 249 g/mol. The first-order valence-electron chi connectivity index (χ1n) is 6.08. The predicted molar refractivity (Wildman–Crippen MR) is 73.7 cm³/mol. The standard InChI is InChI=1S/C14H11N5/c1-8-6-9(14-16-18-19-17-14)7-11-10-4-2-3-5-12(10)15-13(8)11/h2-7,15H,1H3,(H,16,17,18,19). The summed E-state index contributed by atoms with van der Waals surface area (Å²) in [5.41, 5.74) is 4.45. The number of tetrazole rings is 1. The van der Waals surface area contributed by atoms with Gasteiger partial charge in [-0.2, -0.15) is 5.21 Å². The summed E-state index contributed by atoms with van der Waals surface area (Å²) in [5.74, 6) is 0.621. The number of H-pyrrole nitrogens is 2. The van der Waals surface area contributed by atoms with E-state index in [1.54, 1.807) is 0 Å². The number of hydrogen-bond donors (Lipinski definition) is 2. The zero-order valence-corrected chi connectivity index (χ0v) is 10.3. The number of aromatic amines is 2. The summed E-state index contributed by atoms with van der Waals surface area (Å²) in [6, 6.07) is 12.5. The number of nitrogens with zero attached hydrogens (tertiary/aromatic N) is 3. The van der Waals surface area contributed by atoms with Crippen LogP contribution in [-0.2, 0) is 0 Å². The van der Waals surface area contributed by atoms with Gasteiger partial charge in [-0.3, -0.25) is 0 Å². The molecule has 2 heterocycles. The van der Waals surface area contributed by atoms with E-state index in [4.69, 9.17) is 0 Å². The molecule has 92 valence electrons. The van der Waals surface area contributed by atoms with Gasteiger partial charge in [-0.25, -0.2) is 0 Å². The van der Waals surface area contributed by atoms with Crippen LogP contribution in [0.5, 0.6) is 0 Å². The summed E-state index contributed by atoms with van der Waals surface area (Å²) in [4.78, 5) is 3.45. The van der Waals surface area contributed by atoms with Gasteiger partial charge >= 0.3 is 0 Å². The fraction of sp³-hybridized carbons (Fsp3) is 0.0714. The van der Waals surface area contributed by atoms with Crippen molar-refractivity contribution < 1.29 is 0 Å². The van der Waals surface area contributed by atoms with E-state index in [1.165, 1.54) is 16.3 Å². The third kappa shape index (κ3) is 1.45. The average Bonchev–Trinajstić information content (AvgIpc) is 3.06. The molecule has 0 aliphatic heterocycles. The summed E-state index contributed by atoms with van der Waals surface area (Å²) >= 11 is 0. The molecule has 4 aromatic rings. The highest BCUT2D eigenvalue weighted by atomic mass is 15.5. The fourth-order valence-electron chi connectivity index (χ4n) is 2.54. The van der Waals surface area contributed by atoms with Gasteiger partial charge in [0.15, 0.2) is 0 Å². The first kappa shape index (κ1) is 10.3. The molecule has 0 fully saturated rings. The van der Waals surface area contributed by atoms with Gasteiger partial charge in [-0.05, 0) is 35.9 Å². The molecule has 0 aliphatic carbocycles. The molecule has 0 saturated heterocycles. The van der Waals surface area contributed by atoms with Crippen LogP contribution in [0.3, 0.4) is 0 Å². The number of rotatable bonds is 1. The van der Waals surface area contributed by atoms with E-state index in [9.17, 15) is 0 Å². The summed E-state index contributed by atoms with van der Waals surface area (Å²) in [5, 5.41) is 16.6. The minimum absolute atomic E-state index is 0.621. The molecule has 0 spiro atoms. The Morgan fingerprint density at radius 3 is 2.79 bits per heavy atom. The van der Waals surface area contributed by atoms with Gasteiger partial charge in [0.05, 0.1) is 0 Å². The lowest BCUT2D eigenvalue weighted by Gasteiger charge is -2.00. The fourth-order valence-corrected chi connectivity index (χ4v) is 2.54. The molecule has 0 unspecified atom stereocenters. The van der Waals surface area contributed by atoms with Crippen LogP contribution in [0.1, 0.15) is 5.56 Å². The second-order valence-electron chi connectivity index (χ2n) is 4.62. The number of fused-ring (bicyclic) bond motifs is 3. The van der Waals surface area contributed by atoms with Gasteiger partial charge in [0.25, 0.3) is 0 Å². The molecule has 0 amide bonds. The van der Waals surface area contributed by atoms with Crippen molar-refractivity contribution >= 4 is 21.8 Å². The van der Waals surface area contributed by atoms with Crippen molar-refractivity contribution in [2.45, 2.75) is 6.92 Å². The maximum Gasteiger partial charge on any atom is 0.204 e. The molecule has 0 aliphatic rings. The van der Waals surface area contributed by atoms with E-state index in [1.807, 2.05) is 12.1 Å². The molecule has 2 aromatic carbocycles. The molecule has 5 heteroatoms. The van der Waals surface area contributed by atoms with Crippen LogP contribution in [0, 0.1) is 6.92 Å². The van der Waals surface area contributed by atoms with Crippen molar-refractivity contribution in [2.75, 3.05) is 0 Å². The van der Waals surface area contributed by atoms with Crippen LogP contribution >= 0.6 is 0 Å². The third-order valence-electron chi connectivity index (χ3n) is 3.42. The van der Waals surface area contributed by atoms with E-state index in [0.29, 0.717) is 5.82 Å². The van der Waals surface area contributed by atoms with Crippen molar-refractivity contribution in [1.29, 1.82) is 0 Å². The molecule has 4 rings (SSSR count). The Morgan fingerprint density at radius 2 is 1.95 bits per heavy atom. The van der Waals surface area contributed by atoms with Crippen LogP contribution in [0.25, 0.3) is 33.2 Å². The molecule has 0 radical (unpaired) electrons. The smallest absolute Gasteiger partial charge is 0.204 e. The quantitative estimate of drug-likeness (QED) is 0.545. The van der Waals surface area contributed by atoms with Crippen molar-refractivity contribution in [3.05, 3.63) is 42.0 Å². The van der Waals surface area contributed by atoms with Crippen LogP contribution in [0.15, 0.2) is 36.4 Å². The summed E-state index contributed by atoms with van der Waals surface area (Å²) in [7, 11) is 0.